The van der Waals surface area contributed by atoms with Gasteiger partial charge in [0.1, 0.15) is 0 Å². The van der Waals surface area contributed by atoms with E-state index in [1.807, 2.05) is 11.8 Å². The predicted octanol–water partition coefficient (Wildman–Crippen LogP) is 2.84. The normalized spacial score (nSPS) is 25.6. The van der Waals surface area contributed by atoms with Gasteiger partial charge in [0.15, 0.2) is 0 Å². The first-order chi connectivity index (χ1) is 7.95. The summed E-state index contributed by atoms with van der Waals surface area (Å²) in [5.74, 6) is 1.28. The van der Waals surface area contributed by atoms with Crippen molar-refractivity contribution in [3.8, 4) is 0 Å². The zero-order valence-electron chi connectivity index (χ0n) is 12.3. The Kier molecular flexibility index (Phi) is 6.32. The molecule has 1 heterocycles. The number of rotatable bonds is 4. The van der Waals surface area contributed by atoms with E-state index in [-0.39, 0.29) is 0 Å². The lowest BCUT2D eigenvalue weighted by Gasteiger charge is -2.36. The summed E-state index contributed by atoms with van der Waals surface area (Å²) in [5.41, 5.74) is 0.363. The molecule has 0 radical (unpaired) electrons. The molecule has 3 heteroatoms. The van der Waals surface area contributed by atoms with Crippen LogP contribution in [0.4, 0.5) is 0 Å². The van der Waals surface area contributed by atoms with E-state index in [0.29, 0.717) is 11.5 Å². The quantitative estimate of drug-likeness (QED) is 0.835. The van der Waals surface area contributed by atoms with Crippen molar-refractivity contribution in [3.05, 3.63) is 0 Å². The summed E-state index contributed by atoms with van der Waals surface area (Å²) in [7, 11) is 0. The van der Waals surface area contributed by atoms with Crippen LogP contribution in [0.25, 0.3) is 0 Å². The van der Waals surface area contributed by atoms with E-state index in [0.717, 1.165) is 6.04 Å². The van der Waals surface area contributed by atoms with Gasteiger partial charge < -0.3 is 5.32 Å². The SMILES string of the molecule is CSCCC(C)N1CCCNC(C(C)(C)C)C1. The van der Waals surface area contributed by atoms with Crippen LogP contribution in [0.15, 0.2) is 0 Å². The van der Waals surface area contributed by atoms with E-state index in [2.05, 4.69) is 44.2 Å². The Morgan fingerprint density at radius 3 is 2.71 bits per heavy atom. The van der Waals surface area contributed by atoms with Crippen LogP contribution in [0.1, 0.15) is 40.5 Å². The fourth-order valence-corrected chi connectivity index (χ4v) is 2.98. The smallest absolute Gasteiger partial charge is 0.0243 e. The molecule has 1 aliphatic rings. The summed E-state index contributed by atoms with van der Waals surface area (Å²) in [4.78, 5) is 2.69. The predicted molar refractivity (Wildman–Crippen MR) is 79.9 cm³/mol. The molecule has 0 saturated carbocycles. The standard InChI is InChI=1S/C14H30N2S/c1-12(7-10-17-5)16-9-6-8-15-13(11-16)14(2,3)4/h12-13,15H,6-11H2,1-5H3. The minimum Gasteiger partial charge on any atom is -0.312 e. The molecule has 0 aromatic heterocycles. The van der Waals surface area contributed by atoms with E-state index in [1.165, 1.54) is 38.2 Å². The van der Waals surface area contributed by atoms with Gasteiger partial charge in [-0.15, -0.1) is 0 Å². The van der Waals surface area contributed by atoms with Crippen molar-refractivity contribution in [2.75, 3.05) is 31.6 Å². The molecule has 1 rings (SSSR count). The van der Waals surface area contributed by atoms with E-state index < -0.39 is 0 Å². The maximum atomic E-state index is 3.72. The molecule has 17 heavy (non-hydrogen) atoms. The van der Waals surface area contributed by atoms with Gasteiger partial charge in [0.25, 0.3) is 0 Å². The monoisotopic (exact) mass is 258 g/mol. The van der Waals surface area contributed by atoms with Crippen LogP contribution in [0.3, 0.4) is 0 Å². The molecule has 1 aliphatic heterocycles. The van der Waals surface area contributed by atoms with Gasteiger partial charge in [-0.3, -0.25) is 4.90 Å². The molecule has 1 fully saturated rings. The molecule has 0 bridgehead atoms. The molecule has 1 N–H and O–H groups in total. The third-order valence-corrected chi connectivity index (χ3v) is 4.48. The fraction of sp³-hybridized carbons (Fsp3) is 1.00. The molecule has 1 saturated heterocycles. The largest absolute Gasteiger partial charge is 0.312 e. The lowest BCUT2D eigenvalue weighted by molar-refractivity contribution is 0.159. The second kappa shape index (κ2) is 7.01. The van der Waals surface area contributed by atoms with Crippen LogP contribution in [0.2, 0.25) is 0 Å². The van der Waals surface area contributed by atoms with Crippen LogP contribution in [0, 0.1) is 5.41 Å². The fourth-order valence-electron chi connectivity index (χ4n) is 2.40. The summed E-state index contributed by atoms with van der Waals surface area (Å²) in [6.45, 7) is 13.1. The second-order valence-electron chi connectivity index (χ2n) is 6.35. The molecule has 0 aromatic rings. The molecule has 0 aliphatic carbocycles. The van der Waals surface area contributed by atoms with E-state index in [4.69, 9.17) is 0 Å². The van der Waals surface area contributed by atoms with E-state index in [1.54, 1.807) is 0 Å². The van der Waals surface area contributed by atoms with Gasteiger partial charge in [-0.25, -0.2) is 0 Å². The Morgan fingerprint density at radius 1 is 1.41 bits per heavy atom. The van der Waals surface area contributed by atoms with E-state index in [9.17, 15) is 0 Å². The summed E-state index contributed by atoms with van der Waals surface area (Å²) in [6, 6.07) is 1.36. The third kappa shape index (κ3) is 5.19. The minimum absolute atomic E-state index is 0.363. The highest BCUT2D eigenvalue weighted by Gasteiger charge is 2.29. The van der Waals surface area contributed by atoms with Gasteiger partial charge in [-0.1, -0.05) is 20.8 Å². The zero-order chi connectivity index (χ0) is 12.9. The lowest BCUT2D eigenvalue weighted by atomic mass is 9.86. The topological polar surface area (TPSA) is 15.3 Å². The molecular formula is C14H30N2S. The summed E-state index contributed by atoms with van der Waals surface area (Å²) >= 11 is 1.96. The van der Waals surface area contributed by atoms with E-state index >= 15 is 0 Å². The Hall–Kier alpha value is 0.270. The maximum Gasteiger partial charge on any atom is 0.0243 e. The van der Waals surface area contributed by atoms with Crippen molar-refractivity contribution in [3.63, 3.8) is 0 Å². The van der Waals surface area contributed by atoms with Crippen LogP contribution < -0.4 is 5.32 Å². The molecule has 102 valence electrons. The lowest BCUT2D eigenvalue weighted by Crippen LogP contribution is -2.48. The van der Waals surface area contributed by atoms with Crippen LogP contribution >= 0.6 is 11.8 Å². The second-order valence-corrected chi connectivity index (χ2v) is 7.34. The van der Waals surface area contributed by atoms with Gasteiger partial charge in [0.05, 0.1) is 0 Å². The number of nitrogens with zero attached hydrogens (tertiary/aromatic N) is 1. The molecule has 0 amide bonds. The van der Waals surface area contributed by atoms with Crippen molar-refractivity contribution in [1.29, 1.82) is 0 Å². The Morgan fingerprint density at radius 2 is 2.12 bits per heavy atom. The van der Waals surface area contributed by atoms with Gasteiger partial charge in [0.2, 0.25) is 0 Å². The van der Waals surface area contributed by atoms with Crippen molar-refractivity contribution in [2.24, 2.45) is 5.41 Å². The Balaban J connectivity index is 2.53. The number of hydrogen-bond acceptors (Lipinski definition) is 3. The average Bonchev–Trinajstić information content (AvgIpc) is 2.50. The molecule has 0 spiro atoms. The highest BCUT2D eigenvalue weighted by atomic mass is 32.2. The van der Waals surface area contributed by atoms with Crippen LogP contribution in [0.5, 0.6) is 0 Å². The summed E-state index contributed by atoms with van der Waals surface area (Å²) < 4.78 is 0. The van der Waals surface area contributed by atoms with Gasteiger partial charge in [-0.05, 0) is 50.3 Å². The van der Waals surface area contributed by atoms with Gasteiger partial charge >= 0.3 is 0 Å². The molecular weight excluding hydrogens is 228 g/mol. The van der Waals surface area contributed by atoms with Crippen LogP contribution in [-0.2, 0) is 0 Å². The zero-order valence-corrected chi connectivity index (χ0v) is 13.1. The number of thioether (sulfide) groups is 1. The Labute approximate surface area is 112 Å². The number of hydrogen-bond donors (Lipinski definition) is 1. The first-order valence-corrected chi connectivity index (χ1v) is 8.31. The molecule has 2 nitrogen and oxygen atoms in total. The highest BCUT2D eigenvalue weighted by molar-refractivity contribution is 7.98. The van der Waals surface area contributed by atoms with Gasteiger partial charge in [-0.2, -0.15) is 11.8 Å². The number of nitrogens with one attached hydrogen (secondary N) is 1. The highest BCUT2D eigenvalue weighted by Crippen LogP contribution is 2.23. The Bertz CT molecular complexity index is 213. The average molecular weight is 258 g/mol. The summed E-state index contributed by atoms with van der Waals surface area (Å²) in [6.07, 6.45) is 4.81. The van der Waals surface area contributed by atoms with Crippen molar-refractivity contribution >= 4 is 11.8 Å². The first kappa shape index (κ1) is 15.3. The third-order valence-electron chi connectivity index (χ3n) is 3.84. The first-order valence-electron chi connectivity index (χ1n) is 6.91. The minimum atomic E-state index is 0.363. The van der Waals surface area contributed by atoms with Crippen molar-refractivity contribution in [1.82, 2.24) is 10.2 Å². The van der Waals surface area contributed by atoms with Crippen molar-refractivity contribution in [2.45, 2.75) is 52.6 Å². The molecule has 0 aromatic carbocycles. The summed E-state index contributed by atoms with van der Waals surface area (Å²) in [5, 5.41) is 3.72. The molecule has 2 atom stereocenters. The van der Waals surface area contributed by atoms with Crippen LogP contribution in [-0.4, -0.2) is 48.6 Å². The van der Waals surface area contributed by atoms with Gasteiger partial charge in [0, 0.05) is 18.6 Å². The maximum absolute atomic E-state index is 3.72. The van der Waals surface area contributed by atoms with Crippen molar-refractivity contribution < 1.29 is 0 Å². The molecule has 2 unspecified atom stereocenters.